The fourth-order valence-corrected chi connectivity index (χ4v) is 1.15. The van der Waals surface area contributed by atoms with Crippen molar-refractivity contribution in [3.63, 3.8) is 0 Å². The first kappa shape index (κ1) is 13.6. The van der Waals surface area contributed by atoms with E-state index in [0.717, 1.165) is 12.1 Å². The van der Waals surface area contributed by atoms with E-state index < -0.39 is 21.7 Å². The second kappa shape index (κ2) is 4.83. The summed E-state index contributed by atoms with van der Waals surface area (Å²) in [5.41, 5.74) is -0.239. The summed E-state index contributed by atoms with van der Waals surface area (Å²) < 4.78 is 12.3. The smallest absolute Gasteiger partial charge is 0.338 e. The minimum absolute atomic E-state index is 0.237. The molecule has 0 spiro atoms. The van der Waals surface area contributed by atoms with Crippen LogP contribution in [0.3, 0.4) is 0 Å². The summed E-state index contributed by atoms with van der Waals surface area (Å²) in [4.78, 5) is 22.3. The zero-order valence-corrected chi connectivity index (χ0v) is 10.8. The molecule has 0 heterocycles. The summed E-state index contributed by atoms with van der Waals surface area (Å²) in [5.74, 6) is -2.56. The van der Waals surface area contributed by atoms with Gasteiger partial charge in [-0.25, -0.2) is 9.18 Å². The van der Waals surface area contributed by atoms with E-state index >= 15 is 0 Å². The third-order valence-electron chi connectivity index (χ3n) is 1.99. The largest absolute Gasteiger partial charge is 0.478 e. The molecule has 0 aliphatic carbocycles. The lowest BCUT2D eigenvalue weighted by molar-refractivity contribution is -0.117. The van der Waals surface area contributed by atoms with Crippen molar-refractivity contribution in [2.75, 3.05) is 5.32 Å². The lowest BCUT2D eigenvalue weighted by atomic mass is 10.1. The van der Waals surface area contributed by atoms with Crippen LogP contribution in [0.25, 0.3) is 0 Å². The van der Waals surface area contributed by atoms with E-state index in [2.05, 4.69) is 21.2 Å². The van der Waals surface area contributed by atoms with Crippen LogP contribution in [0.4, 0.5) is 10.1 Å². The number of anilines is 1. The minimum atomic E-state index is -1.38. The molecule has 0 aromatic heterocycles. The highest BCUT2D eigenvalue weighted by molar-refractivity contribution is 9.10. The predicted molar refractivity (Wildman–Crippen MR) is 65.0 cm³/mol. The number of rotatable bonds is 3. The molecule has 0 saturated carbocycles. The molecule has 0 atom stereocenters. The van der Waals surface area contributed by atoms with Crippen LogP contribution >= 0.6 is 15.9 Å². The van der Waals surface area contributed by atoms with Crippen LogP contribution in [-0.4, -0.2) is 21.3 Å². The van der Waals surface area contributed by atoms with E-state index in [-0.39, 0.29) is 11.6 Å². The number of carbonyl (C=O) groups excluding carboxylic acids is 1. The molecule has 0 bridgehead atoms. The number of halogens is 2. The number of carbonyl (C=O) groups is 2. The van der Waals surface area contributed by atoms with Crippen molar-refractivity contribution >= 4 is 33.5 Å². The van der Waals surface area contributed by atoms with Crippen LogP contribution in [0.5, 0.6) is 0 Å². The summed E-state index contributed by atoms with van der Waals surface area (Å²) in [6, 6.07) is 3.38. The van der Waals surface area contributed by atoms with Gasteiger partial charge in [-0.05, 0) is 32.0 Å². The van der Waals surface area contributed by atoms with Gasteiger partial charge in [0.15, 0.2) is 0 Å². The van der Waals surface area contributed by atoms with Gasteiger partial charge in [0.1, 0.15) is 5.82 Å². The number of carboxylic acids is 1. The Balaban J connectivity index is 2.98. The highest BCUT2D eigenvalue weighted by Gasteiger charge is 2.24. The molecule has 0 unspecified atom stereocenters. The Hall–Kier alpha value is -1.43. The summed E-state index contributed by atoms with van der Waals surface area (Å²) in [6.07, 6.45) is 0. The Morgan fingerprint density at radius 3 is 2.47 bits per heavy atom. The average molecular weight is 304 g/mol. The molecule has 0 aliphatic rings. The van der Waals surface area contributed by atoms with Crippen molar-refractivity contribution in [2.45, 2.75) is 18.2 Å². The molecule has 0 fully saturated rings. The molecule has 1 aromatic rings. The fourth-order valence-electron chi connectivity index (χ4n) is 1.05. The van der Waals surface area contributed by atoms with Crippen LogP contribution in [-0.2, 0) is 4.79 Å². The van der Waals surface area contributed by atoms with Crippen LogP contribution in [0.15, 0.2) is 18.2 Å². The average Bonchev–Trinajstić information content (AvgIpc) is 2.19. The van der Waals surface area contributed by atoms with Gasteiger partial charge in [-0.3, -0.25) is 4.79 Å². The fraction of sp³-hybridized carbons (Fsp3) is 0.273. The Bertz CT molecular complexity index is 468. The predicted octanol–water partition coefficient (Wildman–Crippen LogP) is 2.64. The number of benzene rings is 1. The molecule has 0 radical (unpaired) electrons. The molecular weight excluding hydrogens is 293 g/mol. The van der Waals surface area contributed by atoms with Crippen molar-refractivity contribution in [3.8, 4) is 0 Å². The zero-order chi connectivity index (χ0) is 13.2. The topological polar surface area (TPSA) is 66.4 Å². The number of amides is 1. The van der Waals surface area contributed by atoms with Gasteiger partial charge >= 0.3 is 5.97 Å². The highest BCUT2D eigenvalue weighted by atomic mass is 79.9. The maximum atomic E-state index is 13.1. The second-order valence-electron chi connectivity index (χ2n) is 3.93. The van der Waals surface area contributed by atoms with Gasteiger partial charge in [0.05, 0.1) is 9.89 Å². The Kier molecular flexibility index (Phi) is 3.87. The molecule has 4 nitrogen and oxygen atoms in total. The first-order chi connectivity index (χ1) is 7.71. The molecule has 1 aromatic carbocycles. The highest BCUT2D eigenvalue weighted by Crippen LogP contribution is 2.20. The molecular formula is C11H11BrFNO3. The van der Waals surface area contributed by atoms with E-state index in [1.807, 2.05) is 0 Å². The molecule has 2 N–H and O–H groups in total. The van der Waals surface area contributed by atoms with Gasteiger partial charge in [-0.2, -0.15) is 0 Å². The van der Waals surface area contributed by atoms with Crippen molar-refractivity contribution in [1.82, 2.24) is 0 Å². The maximum Gasteiger partial charge on any atom is 0.338 e. The Morgan fingerprint density at radius 1 is 1.41 bits per heavy atom. The van der Waals surface area contributed by atoms with Gasteiger partial charge in [0, 0.05) is 5.69 Å². The lowest BCUT2D eigenvalue weighted by Crippen LogP contribution is -2.31. The molecule has 92 valence electrons. The van der Waals surface area contributed by atoms with E-state index in [9.17, 15) is 14.0 Å². The summed E-state index contributed by atoms with van der Waals surface area (Å²) >= 11 is 3.16. The third-order valence-corrected chi connectivity index (χ3v) is 2.35. The normalized spacial score (nSPS) is 11.1. The molecule has 17 heavy (non-hydrogen) atoms. The standard InChI is InChI=1S/C11H11BrFNO3/c1-11(2,12)10(17)14-6-3-4-8(13)7(5-6)9(15)16/h3-5H,1-2H3,(H,14,17)(H,15,16). The lowest BCUT2D eigenvalue weighted by Gasteiger charge is -2.16. The monoisotopic (exact) mass is 303 g/mol. The van der Waals surface area contributed by atoms with Gasteiger partial charge in [0.25, 0.3) is 0 Å². The first-order valence-corrected chi connectivity index (χ1v) is 5.54. The number of carboxylic acid groups (broad SMARTS) is 1. The minimum Gasteiger partial charge on any atom is -0.478 e. The van der Waals surface area contributed by atoms with Crippen molar-refractivity contribution < 1.29 is 19.1 Å². The van der Waals surface area contributed by atoms with E-state index in [0.29, 0.717) is 0 Å². The zero-order valence-electron chi connectivity index (χ0n) is 9.25. The van der Waals surface area contributed by atoms with Crippen LogP contribution in [0, 0.1) is 5.82 Å². The molecule has 0 saturated heterocycles. The number of aromatic carboxylic acids is 1. The number of alkyl halides is 1. The SMILES string of the molecule is CC(C)(Br)C(=O)Nc1ccc(F)c(C(=O)O)c1. The first-order valence-electron chi connectivity index (χ1n) is 4.75. The Labute approximate surface area is 106 Å². The molecule has 1 amide bonds. The van der Waals surface area contributed by atoms with E-state index in [1.54, 1.807) is 13.8 Å². The molecule has 1 rings (SSSR count). The van der Waals surface area contributed by atoms with Crippen LogP contribution in [0.2, 0.25) is 0 Å². The number of nitrogens with one attached hydrogen (secondary N) is 1. The quantitative estimate of drug-likeness (QED) is 0.844. The third kappa shape index (κ3) is 3.52. The van der Waals surface area contributed by atoms with Crippen molar-refractivity contribution in [3.05, 3.63) is 29.6 Å². The Morgan fingerprint density at radius 2 is 2.00 bits per heavy atom. The van der Waals surface area contributed by atoms with E-state index in [1.165, 1.54) is 6.07 Å². The molecule has 6 heteroatoms. The number of hydrogen-bond donors (Lipinski definition) is 2. The van der Waals surface area contributed by atoms with Gasteiger partial charge < -0.3 is 10.4 Å². The van der Waals surface area contributed by atoms with Gasteiger partial charge in [-0.1, -0.05) is 15.9 Å². The van der Waals surface area contributed by atoms with Crippen LogP contribution < -0.4 is 5.32 Å². The van der Waals surface area contributed by atoms with Crippen molar-refractivity contribution in [1.29, 1.82) is 0 Å². The summed E-state index contributed by atoms with van der Waals surface area (Å²) in [5, 5.41) is 11.2. The van der Waals surface area contributed by atoms with E-state index in [4.69, 9.17) is 5.11 Å². The molecule has 0 aliphatic heterocycles. The van der Waals surface area contributed by atoms with Crippen LogP contribution in [0.1, 0.15) is 24.2 Å². The summed E-state index contributed by atoms with van der Waals surface area (Å²) in [6.45, 7) is 3.29. The van der Waals surface area contributed by atoms with Crippen molar-refractivity contribution in [2.24, 2.45) is 0 Å². The second-order valence-corrected chi connectivity index (χ2v) is 5.91. The maximum absolute atomic E-state index is 13.1. The van der Waals surface area contributed by atoms with Gasteiger partial charge in [-0.15, -0.1) is 0 Å². The number of hydrogen-bond acceptors (Lipinski definition) is 2. The van der Waals surface area contributed by atoms with Gasteiger partial charge in [0.2, 0.25) is 5.91 Å². The summed E-state index contributed by atoms with van der Waals surface area (Å²) in [7, 11) is 0.